The van der Waals surface area contributed by atoms with Crippen molar-refractivity contribution in [1.29, 1.82) is 0 Å². The highest BCUT2D eigenvalue weighted by molar-refractivity contribution is 5.81. The average molecular weight is 355 g/mol. The van der Waals surface area contributed by atoms with E-state index in [1.807, 2.05) is 65.0 Å². The predicted octanol–water partition coefficient (Wildman–Crippen LogP) is 4.27. The van der Waals surface area contributed by atoms with Crippen molar-refractivity contribution in [3.05, 3.63) is 58.7 Å². The number of hydrogen-bond donors (Lipinski definition) is 1. The van der Waals surface area contributed by atoms with Crippen LogP contribution in [0, 0.1) is 27.7 Å². The van der Waals surface area contributed by atoms with Crippen LogP contribution in [-0.2, 0) is 4.79 Å². The van der Waals surface area contributed by atoms with Gasteiger partial charge in [-0.2, -0.15) is 0 Å². The molecule has 0 spiro atoms. The Morgan fingerprint density at radius 3 is 2.54 bits per heavy atom. The minimum atomic E-state index is -0.504. The second-order valence-electron chi connectivity index (χ2n) is 6.62. The second-order valence-corrected chi connectivity index (χ2v) is 6.62. The quantitative estimate of drug-likeness (QED) is 0.719. The number of carbonyl (C=O) groups is 1. The molecule has 26 heavy (non-hydrogen) atoms. The molecule has 0 aliphatic rings. The van der Waals surface area contributed by atoms with Crippen LogP contribution in [0.3, 0.4) is 0 Å². The molecule has 2 aromatic rings. The number of benzene rings is 2. The van der Waals surface area contributed by atoms with Gasteiger partial charge in [-0.25, -0.2) is 0 Å². The third-order valence-electron chi connectivity index (χ3n) is 4.49. The van der Waals surface area contributed by atoms with Crippen LogP contribution in [0.2, 0.25) is 0 Å². The molecular weight excluding hydrogens is 326 g/mol. The Morgan fingerprint density at radius 2 is 1.81 bits per heavy atom. The maximum absolute atomic E-state index is 12.4. The molecular formula is C22H29NO3. The van der Waals surface area contributed by atoms with E-state index in [0.717, 1.165) is 33.8 Å². The Morgan fingerprint density at radius 1 is 1.04 bits per heavy atom. The van der Waals surface area contributed by atoms with Crippen LogP contribution in [-0.4, -0.2) is 25.2 Å². The third kappa shape index (κ3) is 5.25. The van der Waals surface area contributed by atoms with E-state index in [1.165, 1.54) is 0 Å². The molecule has 0 aromatic heterocycles. The monoisotopic (exact) mass is 355 g/mol. The van der Waals surface area contributed by atoms with Gasteiger partial charge in [-0.3, -0.25) is 4.79 Å². The zero-order chi connectivity index (χ0) is 19.1. The lowest BCUT2D eigenvalue weighted by atomic mass is 10.1. The molecule has 1 N–H and O–H groups in total. The first-order valence-electron chi connectivity index (χ1n) is 9.13. The second kappa shape index (κ2) is 9.27. The van der Waals surface area contributed by atoms with Gasteiger partial charge in [0, 0.05) is 0 Å². The standard InChI is InChI=1S/C22H29NO3/c1-6-19(26-20-9-7-8-16(3)18(20)5)22(24)23-12-13-25-21-14-15(2)10-11-17(21)4/h7-11,14,19H,6,12-13H2,1-5H3,(H,23,24)/t19-/m1/s1. The van der Waals surface area contributed by atoms with Crippen LogP contribution < -0.4 is 14.8 Å². The van der Waals surface area contributed by atoms with Crippen molar-refractivity contribution in [2.24, 2.45) is 0 Å². The van der Waals surface area contributed by atoms with E-state index in [2.05, 4.69) is 11.4 Å². The van der Waals surface area contributed by atoms with E-state index in [4.69, 9.17) is 9.47 Å². The van der Waals surface area contributed by atoms with Crippen LogP contribution in [0.15, 0.2) is 36.4 Å². The van der Waals surface area contributed by atoms with Gasteiger partial charge in [0.05, 0.1) is 6.54 Å². The Kier molecular flexibility index (Phi) is 7.07. The number of amides is 1. The van der Waals surface area contributed by atoms with Gasteiger partial charge >= 0.3 is 0 Å². The van der Waals surface area contributed by atoms with Crippen molar-refractivity contribution in [2.45, 2.75) is 47.1 Å². The fourth-order valence-corrected chi connectivity index (χ4v) is 2.64. The number of aryl methyl sites for hydroxylation is 3. The molecule has 2 rings (SSSR count). The summed E-state index contributed by atoms with van der Waals surface area (Å²) in [6.45, 7) is 10.9. The molecule has 0 saturated heterocycles. The van der Waals surface area contributed by atoms with Crippen molar-refractivity contribution in [2.75, 3.05) is 13.2 Å². The largest absolute Gasteiger partial charge is 0.491 e. The highest BCUT2D eigenvalue weighted by Gasteiger charge is 2.19. The Labute approximate surface area is 156 Å². The van der Waals surface area contributed by atoms with Gasteiger partial charge in [0.2, 0.25) is 0 Å². The lowest BCUT2D eigenvalue weighted by molar-refractivity contribution is -0.128. The summed E-state index contributed by atoms with van der Waals surface area (Å²) >= 11 is 0. The number of rotatable bonds is 8. The van der Waals surface area contributed by atoms with Gasteiger partial charge in [-0.05, 0) is 68.5 Å². The van der Waals surface area contributed by atoms with Crippen LogP contribution in [0.4, 0.5) is 0 Å². The number of nitrogens with one attached hydrogen (secondary N) is 1. The topological polar surface area (TPSA) is 47.6 Å². The zero-order valence-corrected chi connectivity index (χ0v) is 16.4. The fraction of sp³-hybridized carbons (Fsp3) is 0.409. The molecule has 0 aliphatic heterocycles. The van der Waals surface area contributed by atoms with E-state index >= 15 is 0 Å². The summed E-state index contributed by atoms with van der Waals surface area (Å²) in [5.74, 6) is 1.51. The van der Waals surface area contributed by atoms with E-state index in [-0.39, 0.29) is 5.91 Å². The number of hydrogen-bond acceptors (Lipinski definition) is 3. The van der Waals surface area contributed by atoms with Gasteiger partial charge < -0.3 is 14.8 Å². The van der Waals surface area contributed by atoms with Gasteiger partial charge in [-0.15, -0.1) is 0 Å². The highest BCUT2D eigenvalue weighted by Crippen LogP contribution is 2.22. The molecule has 4 heteroatoms. The van der Waals surface area contributed by atoms with Crippen LogP contribution in [0.1, 0.15) is 35.6 Å². The molecule has 0 unspecified atom stereocenters. The first kappa shape index (κ1) is 19.8. The summed E-state index contributed by atoms with van der Waals surface area (Å²) in [6.07, 6.45) is 0.105. The van der Waals surface area contributed by atoms with E-state index in [0.29, 0.717) is 19.6 Å². The van der Waals surface area contributed by atoms with Crippen molar-refractivity contribution in [3.63, 3.8) is 0 Å². The number of carbonyl (C=O) groups excluding carboxylic acids is 1. The Hall–Kier alpha value is -2.49. The van der Waals surface area contributed by atoms with Crippen LogP contribution in [0.25, 0.3) is 0 Å². The zero-order valence-electron chi connectivity index (χ0n) is 16.4. The lowest BCUT2D eigenvalue weighted by Gasteiger charge is -2.19. The number of ether oxygens (including phenoxy) is 2. The minimum Gasteiger partial charge on any atom is -0.491 e. The molecule has 1 amide bonds. The Balaban J connectivity index is 1.85. The molecule has 0 radical (unpaired) electrons. The van der Waals surface area contributed by atoms with Gasteiger partial charge in [0.25, 0.3) is 5.91 Å². The minimum absolute atomic E-state index is 0.113. The highest BCUT2D eigenvalue weighted by atomic mass is 16.5. The normalized spacial score (nSPS) is 11.7. The van der Waals surface area contributed by atoms with Crippen molar-refractivity contribution in [1.82, 2.24) is 5.32 Å². The summed E-state index contributed by atoms with van der Waals surface area (Å²) in [5.41, 5.74) is 4.46. The van der Waals surface area contributed by atoms with Crippen molar-refractivity contribution in [3.8, 4) is 11.5 Å². The lowest BCUT2D eigenvalue weighted by Crippen LogP contribution is -2.39. The smallest absolute Gasteiger partial charge is 0.261 e. The first-order valence-corrected chi connectivity index (χ1v) is 9.13. The van der Waals surface area contributed by atoms with Crippen LogP contribution in [0.5, 0.6) is 11.5 Å². The van der Waals surface area contributed by atoms with Crippen molar-refractivity contribution < 1.29 is 14.3 Å². The Bertz CT molecular complexity index is 755. The SMILES string of the molecule is CC[C@@H](Oc1cccc(C)c1C)C(=O)NCCOc1cc(C)ccc1C. The van der Waals surface area contributed by atoms with Gasteiger partial charge in [0.1, 0.15) is 18.1 Å². The predicted molar refractivity (Wildman–Crippen MR) is 105 cm³/mol. The fourth-order valence-electron chi connectivity index (χ4n) is 2.64. The summed E-state index contributed by atoms with van der Waals surface area (Å²) in [7, 11) is 0. The molecule has 0 heterocycles. The molecule has 140 valence electrons. The molecule has 1 atom stereocenters. The maximum Gasteiger partial charge on any atom is 0.261 e. The summed E-state index contributed by atoms with van der Waals surface area (Å²) in [5, 5.41) is 2.90. The molecule has 2 aromatic carbocycles. The summed E-state index contributed by atoms with van der Waals surface area (Å²) in [6, 6.07) is 12.0. The van der Waals surface area contributed by atoms with Crippen molar-refractivity contribution >= 4 is 5.91 Å². The third-order valence-corrected chi connectivity index (χ3v) is 4.49. The maximum atomic E-state index is 12.4. The molecule has 0 bridgehead atoms. The van der Waals surface area contributed by atoms with Gasteiger partial charge in [-0.1, -0.05) is 31.2 Å². The van der Waals surface area contributed by atoms with Gasteiger partial charge in [0.15, 0.2) is 6.10 Å². The average Bonchev–Trinajstić information content (AvgIpc) is 2.62. The molecule has 4 nitrogen and oxygen atoms in total. The molecule has 0 fully saturated rings. The van der Waals surface area contributed by atoms with Crippen LogP contribution >= 0.6 is 0 Å². The summed E-state index contributed by atoms with van der Waals surface area (Å²) in [4.78, 5) is 12.4. The molecule has 0 saturated carbocycles. The molecule has 0 aliphatic carbocycles. The van der Waals surface area contributed by atoms with E-state index in [1.54, 1.807) is 0 Å². The summed E-state index contributed by atoms with van der Waals surface area (Å²) < 4.78 is 11.7. The van der Waals surface area contributed by atoms with E-state index in [9.17, 15) is 4.79 Å². The van der Waals surface area contributed by atoms with E-state index < -0.39 is 6.10 Å². The first-order chi connectivity index (χ1) is 12.4.